The summed E-state index contributed by atoms with van der Waals surface area (Å²) in [6, 6.07) is 4.16. The van der Waals surface area contributed by atoms with Crippen LogP contribution in [-0.4, -0.2) is 36.4 Å². The summed E-state index contributed by atoms with van der Waals surface area (Å²) < 4.78 is 6.10. The van der Waals surface area contributed by atoms with Gasteiger partial charge in [-0.25, -0.2) is 9.59 Å². The van der Waals surface area contributed by atoms with Gasteiger partial charge in [0.15, 0.2) is 0 Å². The molecule has 0 heterocycles. The van der Waals surface area contributed by atoms with Gasteiger partial charge in [0, 0.05) is 18.1 Å². The van der Waals surface area contributed by atoms with Crippen molar-refractivity contribution in [2.24, 2.45) is 0 Å². The van der Waals surface area contributed by atoms with E-state index in [1.54, 1.807) is 19.2 Å². The van der Waals surface area contributed by atoms with Gasteiger partial charge in [0.2, 0.25) is 0 Å². The Morgan fingerprint density at radius 1 is 1.43 bits per heavy atom. The minimum Gasteiger partial charge on any atom is -0.478 e. The molecule has 1 aromatic carbocycles. The average molecular weight is 357 g/mol. The highest BCUT2D eigenvalue weighted by atomic mass is 79.9. The van der Waals surface area contributed by atoms with Crippen molar-refractivity contribution in [1.82, 2.24) is 5.32 Å². The van der Waals surface area contributed by atoms with Gasteiger partial charge < -0.3 is 20.5 Å². The van der Waals surface area contributed by atoms with Gasteiger partial charge in [-0.1, -0.05) is 15.9 Å². The number of aromatic carboxylic acids is 1. The van der Waals surface area contributed by atoms with Crippen LogP contribution in [-0.2, 0) is 4.74 Å². The number of benzene rings is 1. The minimum atomic E-state index is -1.09. The van der Waals surface area contributed by atoms with E-state index >= 15 is 0 Å². The fourth-order valence-electron chi connectivity index (χ4n) is 2.24. The lowest BCUT2D eigenvalue weighted by Gasteiger charge is -2.40. The molecule has 0 unspecified atom stereocenters. The van der Waals surface area contributed by atoms with E-state index in [0.717, 1.165) is 19.3 Å². The lowest BCUT2D eigenvalue weighted by molar-refractivity contribution is -0.0671. The third-order valence-corrected chi connectivity index (χ3v) is 4.22. The van der Waals surface area contributed by atoms with Crippen molar-refractivity contribution in [3.8, 4) is 0 Å². The first-order valence-electron chi connectivity index (χ1n) is 6.59. The highest BCUT2D eigenvalue weighted by molar-refractivity contribution is 9.10. The molecule has 0 radical (unpaired) electrons. The quantitative estimate of drug-likeness (QED) is 0.756. The van der Waals surface area contributed by atoms with E-state index in [-0.39, 0.29) is 16.9 Å². The third-order valence-electron chi connectivity index (χ3n) is 3.73. The van der Waals surface area contributed by atoms with Crippen LogP contribution >= 0.6 is 15.9 Å². The van der Waals surface area contributed by atoms with Crippen molar-refractivity contribution < 1.29 is 19.4 Å². The summed E-state index contributed by atoms with van der Waals surface area (Å²) in [5, 5.41) is 14.4. The number of hydrogen-bond acceptors (Lipinski definition) is 3. The Morgan fingerprint density at radius 3 is 2.67 bits per heavy atom. The topological polar surface area (TPSA) is 87.7 Å². The van der Waals surface area contributed by atoms with E-state index in [1.807, 2.05) is 0 Å². The Bertz CT molecular complexity index is 552. The second-order valence-corrected chi connectivity index (χ2v) is 5.96. The van der Waals surface area contributed by atoms with E-state index < -0.39 is 12.0 Å². The predicted octanol–water partition coefficient (Wildman–Crippen LogP) is 2.84. The number of ether oxygens (including phenoxy) is 1. The molecule has 0 aromatic heterocycles. The fraction of sp³-hybridized carbons (Fsp3) is 0.429. The smallest absolute Gasteiger partial charge is 0.337 e. The Morgan fingerprint density at radius 2 is 2.14 bits per heavy atom. The molecule has 6 nitrogen and oxygen atoms in total. The van der Waals surface area contributed by atoms with Crippen molar-refractivity contribution in [2.75, 3.05) is 19.0 Å². The van der Waals surface area contributed by atoms with Crippen LogP contribution in [0.2, 0.25) is 0 Å². The number of carbonyl (C=O) groups excluding carboxylic acids is 1. The second-order valence-electron chi connectivity index (χ2n) is 5.04. The first kappa shape index (κ1) is 15.8. The number of nitrogens with one attached hydrogen (secondary N) is 2. The van der Waals surface area contributed by atoms with Crippen LogP contribution in [0.15, 0.2) is 22.7 Å². The van der Waals surface area contributed by atoms with Crippen molar-refractivity contribution >= 4 is 33.6 Å². The van der Waals surface area contributed by atoms with Crippen molar-refractivity contribution in [2.45, 2.75) is 24.9 Å². The molecule has 1 aliphatic rings. The predicted molar refractivity (Wildman–Crippen MR) is 81.7 cm³/mol. The number of urea groups is 1. The maximum atomic E-state index is 11.9. The number of hydrogen-bond donors (Lipinski definition) is 3. The van der Waals surface area contributed by atoms with Crippen molar-refractivity contribution in [3.05, 3.63) is 28.2 Å². The molecule has 1 aromatic rings. The molecule has 7 heteroatoms. The Labute approximate surface area is 131 Å². The van der Waals surface area contributed by atoms with Gasteiger partial charge in [0.25, 0.3) is 0 Å². The molecule has 1 saturated carbocycles. The maximum absolute atomic E-state index is 11.9. The summed E-state index contributed by atoms with van der Waals surface area (Å²) in [5.41, 5.74) is 0.0115. The molecular formula is C14H17BrN2O4. The zero-order chi connectivity index (χ0) is 15.5. The van der Waals surface area contributed by atoms with E-state index in [1.165, 1.54) is 6.07 Å². The summed E-state index contributed by atoms with van der Waals surface area (Å²) >= 11 is 3.25. The highest BCUT2D eigenvalue weighted by Gasteiger charge is 2.37. The summed E-state index contributed by atoms with van der Waals surface area (Å²) in [7, 11) is 1.63. The van der Waals surface area contributed by atoms with Gasteiger partial charge in [-0.15, -0.1) is 0 Å². The highest BCUT2D eigenvalue weighted by Crippen LogP contribution is 2.34. The molecule has 0 saturated heterocycles. The van der Waals surface area contributed by atoms with Gasteiger partial charge in [-0.2, -0.15) is 0 Å². The molecule has 1 fully saturated rings. The first-order valence-corrected chi connectivity index (χ1v) is 7.38. The lowest BCUT2D eigenvalue weighted by Crippen LogP contribution is -2.50. The molecule has 0 bridgehead atoms. The van der Waals surface area contributed by atoms with Crippen molar-refractivity contribution in [1.29, 1.82) is 0 Å². The van der Waals surface area contributed by atoms with Crippen LogP contribution in [0.1, 0.15) is 29.6 Å². The number of amides is 2. The van der Waals surface area contributed by atoms with Crippen LogP contribution < -0.4 is 10.6 Å². The Balaban J connectivity index is 1.99. The van der Waals surface area contributed by atoms with Crippen LogP contribution in [0.25, 0.3) is 0 Å². The molecule has 1 aliphatic carbocycles. The number of carbonyl (C=O) groups is 2. The van der Waals surface area contributed by atoms with Gasteiger partial charge in [-0.3, -0.25) is 0 Å². The zero-order valence-electron chi connectivity index (χ0n) is 11.6. The maximum Gasteiger partial charge on any atom is 0.337 e. The molecule has 2 rings (SSSR count). The number of anilines is 1. The number of carboxylic acid groups (broad SMARTS) is 1. The van der Waals surface area contributed by atoms with Gasteiger partial charge in [-0.05, 0) is 37.5 Å². The van der Waals surface area contributed by atoms with Crippen LogP contribution in [0.5, 0.6) is 0 Å². The van der Waals surface area contributed by atoms with E-state index in [9.17, 15) is 9.59 Å². The normalized spacial score (nSPS) is 15.9. The first-order chi connectivity index (χ1) is 9.96. The number of carboxylic acids is 1. The summed E-state index contributed by atoms with van der Waals surface area (Å²) in [6.45, 7) is 0.408. The minimum absolute atomic E-state index is 0.0402. The molecule has 0 atom stereocenters. The molecule has 114 valence electrons. The second kappa shape index (κ2) is 6.44. The Hall–Kier alpha value is -1.60. The largest absolute Gasteiger partial charge is 0.478 e. The SMILES string of the molecule is COC1(CNC(=O)Nc2cc(Br)ccc2C(=O)O)CCC1. The standard InChI is InChI=1S/C14H17BrN2O4/c1-21-14(5-2-6-14)8-16-13(20)17-11-7-9(15)3-4-10(11)12(18)19/h3-4,7H,2,5-6,8H2,1H3,(H,18,19)(H2,16,17,20). The fourth-order valence-corrected chi connectivity index (χ4v) is 2.60. The van der Waals surface area contributed by atoms with Crippen molar-refractivity contribution in [3.63, 3.8) is 0 Å². The lowest BCUT2D eigenvalue weighted by atomic mass is 9.80. The molecule has 21 heavy (non-hydrogen) atoms. The molecule has 3 N–H and O–H groups in total. The van der Waals surface area contributed by atoms with E-state index in [0.29, 0.717) is 11.0 Å². The summed E-state index contributed by atoms with van der Waals surface area (Å²) in [6.07, 6.45) is 2.92. The van der Waals surface area contributed by atoms with Gasteiger partial charge >= 0.3 is 12.0 Å². The number of methoxy groups -OCH3 is 1. The number of rotatable bonds is 5. The van der Waals surface area contributed by atoms with Gasteiger partial charge in [0.1, 0.15) is 0 Å². The van der Waals surface area contributed by atoms with Gasteiger partial charge in [0.05, 0.1) is 16.9 Å². The molecule has 0 spiro atoms. The van der Waals surface area contributed by atoms with E-state index in [2.05, 4.69) is 26.6 Å². The van der Waals surface area contributed by atoms with E-state index in [4.69, 9.17) is 9.84 Å². The van der Waals surface area contributed by atoms with Crippen LogP contribution in [0.4, 0.5) is 10.5 Å². The summed E-state index contributed by atoms with van der Waals surface area (Å²) in [5.74, 6) is -1.09. The summed E-state index contributed by atoms with van der Waals surface area (Å²) in [4.78, 5) is 23.0. The Kier molecular flexibility index (Phi) is 4.84. The zero-order valence-corrected chi connectivity index (χ0v) is 13.2. The molecular weight excluding hydrogens is 340 g/mol. The van der Waals surface area contributed by atoms with Crippen LogP contribution in [0, 0.1) is 0 Å². The third kappa shape index (κ3) is 3.74. The molecule has 0 aliphatic heterocycles. The van der Waals surface area contributed by atoms with Crippen LogP contribution in [0.3, 0.4) is 0 Å². The molecule has 2 amide bonds. The average Bonchev–Trinajstić information content (AvgIpc) is 2.37. The monoisotopic (exact) mass is 356 g/mol. The number of halogens is 1.